The van der Waals surface area contributed by atoms with Crippen LogP contribution < -0.4 is 0 Å². The minimum atomic E-state index is -0.191. The summed E-state index contributed by atoms with van der Waals surface area (Å²) in [6, 6.07) is 0. The number of carbonyl (C=O) groups is 2. The molecular weight excluding hydrogens is 282 g/mol. The van der Waals surface area contributed by atoms with Gasteiger partial charge in [0.05, 0.1) is 17.7 Å². The van der Waals surface area contributed by atoms with Crippen molar-refractivity contribution in [2.45, 2.75) is 12.8 Å². The molecule has 2 atom stereocenters. The van der Waals surface area contributed by atoms with Crippen LogP contribution in [0.4, 0.5) is 0 Å². The van der Waals surface area contributed by atoms with Crippen molar-refractivity contribution in [3.8, 4) is 6.19 Å². The molecule has 0 unspecified atom stereocenters. The molecule has 0 aromatic rings. The number of fused-ring (bicyclic) bond motifs is 1. The third-order valence-electron chi connectivity index (χ3n) is 3.23. The summed E-state index contributed by atoms with van der Waals surface area (Å²) in [7, 11) is 0. The fraction of sp³-hybridized carbons (Fsp3) is 0.500. The Kier molecular flexibility index (Phi) is 4.66. The van der Waals surface area contributed by atoms with E-state index >= 15 is 0 Å². The highest BCUT2D eigenvalue weighted by atomic mass is 32.2. The third-order valence-corrected chi connectivity index (χ3v) is 5.25. The van der Waals surface area contributed by atoms with Crippen molar-refractivity contribution in [3.05, 3.63) is 12.2 Å². The maximum Gasteiger partial charge on any atom is 0.234 e. The Hall–Kier alpha value is -1.26. The van der Waals surface area contributed by atoms with Crippen molar-refractivity contribution in [1.29, 1.82) is 5.26 Å². The number of aliphatic imine (C=N–C) groups is 1. The van der Waals surface area contributed by atoms with Crippen molar-refractivity contribution < 1.29 is 9.59 Å². The first-order valence-corrected chi connectivity index (χ1v) is 8.04. The summed E-state index contributed by atoms with van der Waals surface area (Å²) in [6.45, 7) is 0. The Balaban J connectivity index is 2.02. The van der Waals surface area contributed by atoms with Crippen LogP contribution in [0.1, 0.15) is 12.8 Å². The van der Waals surface area contributed by atoms with Gasteiger partial charge in [0.25, 0.3) is 0 Å². The van der Waals surface area contributed by atoms with Crippen LogP contribution in [0.2, 0.25) is 0 Å². The van der Waals surface area contributed by atoms with Gasteiger partial charge in [-0.05, 0) is 19.1 Å². The van der Waals surface area contributed by atoms with Crippen LogP contribution >= 0.6 is 23.5 Å². The first-order valence-electron chi connectivity index (χ1n) is 5.82. The van der Waals surface area contributed by atoms with Gasteiger partial charge < -0.3 is 0 Å². The molecule has 0 saturated carbocycles. The zero-order valence-electron chi connectivity index (χ0n) is 10.4. The maximum absolute atomic E-state index is 12.2. The Labute approximate surface area is 120 Å². The highest BCUT2D eigenvalue weighted by Gasteiger charge is 2.47. The van der Waals surface area contributed by atoms with Gasteiger partial charge in [-0.1, -0.05) is 23.9 Å². The number of hydrogen-bond acceptors (Lipinski definition) is 6. The maximum atomic E-state index is 12.2. The predicted molar refractivity (Wildman–Crippen MR) is 76.2 cm³/mol. The quantitative estimate of drug-likeness (QED) is 0.255. The summed E-state index contributed by atoms with van der Waals surface area (Å²) < 4.78 is 0.566. The number of rotatable bonds is 2. The number of carbonyl (C=O) groups excluding carboxylic acids is 2. The highest BCUT2D eigenvalue weighted by molar-refractivity contribution is 8.38. The molecule has 2 amide bonds. The molecule has 1 fully saturated rings. The first kappa shape index (κ1) is 14.2. The molecule has 0 bridgehead atoms. The van der Waals surface area contributed by atoms with E-state index in [-0.39, 0.29) is 29.5 Å². The number of amides is 2. The van der Waals surface area contributed by atoms with Crippen LogP contribution in [0.5, 0.6) is 0 Å². The van der Waals surface area contributed by atoms with Gasteiger partial charge >= 0.3 is 0 Å². The van der Waals surface area contributed by atoms with E-state index in [1.807, 2.05) is 12.2 Å². The zero-order valence-corrected chi connectivity index (χ0v) is 12.0. The smallest absolute Gasteiger partial charge is 0.234 e. The van der Waals surface area contributed by atoms with E-state index in [1.54, 1.807) is 12.4 Å². The lowest BCUT2D eigenvalue weighted by Crippen LogP contribution is -2.31. The Bertz CT molecular complexity index is 470. The van der Waals surface area contributed by atoms with Gasteiger partial charge in [0.2, 0.25) is 18.0 Å². The van der Waals surface area contributed by atoms with Crippen molar-refractivity contribution in [2.24, 2.45) is 16.8 Å². The molecule has 0 N–H and O–H groups in total. The monoisotopic (exact) mass is 295 g/mol. The molecule has 0 radical (unpaired) electrons. The topological polar surface area (TPSA) is 73.5 Å². The molecule has 5 nitrogen and oxygen atoms in total. The SMILES string of the molecule is CSC(=NC#N)SCN1C(=O)[C@H]2CC=CC[C@H]2C1=O. The number of hydrogen-bond donors (Lipinski definition) is 0. The Morgan fingerprint density at radius 2 is 2.00 bits per heavy atom. The normalized spacial score (nSPS) is 26.5. The van der Waals surface area contributed by atoms with Crippen LogP contribution in [0.15, 0.2) is 17.1 Å². The number of thioether (sulfide) groups is 2. The van der Waals surface area contributed by atoms with Crippen LogP contribution in [0.25, 0.3) is 0 Å². The minimum absolute atomic E-state index is 0.0933. The Morgan fingerprint density at radius 3 is 2.47 bits per heavy atom. The summed E-state index contributed by atoms with van der Waals surface area (Å²) in [5.74, 6) is -0.326. The van der Waals surface area contributed by atoms with Crippen LogP contribution in [0.3, 0.4) is 0 Å². The fourth-order valence-electron chi connectivity index (χ4n) is 2.29. The molecule has 1 saturated heterocycles. The molecule has 2 rings (SSSR count). The number of nitrogens with zero attached hydrogens (tertiary/aromatic N) is 3. The van der Waals surface area contributed by atoms with Crippen LogP contribution in [-0.2, 0) is 9.59 Å². The average Bonchev–Trinajstić information content (AvgIpc) is 2.68. The third kappa shape index (κ3) is 2.85. The van der Waals surface area contributed by atoms with Gasteiger partial charge in [-0.25, -0.2) is 0 Å². The second kappa shape index (κ2) is 6.26. The average molecular weight is 295 g/mol. The Morgan fingerprint density at radius 1 is 1.42 bits per heavy atom. The van der Waals surface area contributed by atoms with E-state index in [1.165, 1.54) is 28.4 Å². The number of allylic oxidation sites excluding steroid dienone is 2. The summed E-state index contributed by atoms with van der Waals surface area (Å²) in [6.07, 6.45) is 8.75. The predicted octanol–water partition coefficient (Wildman–Crippen LogP) is 1.83. The summed E-state index contributed by atoms with van der Waals surface area (Å²) in [5.41, 5.74) is 0. The van der Waals surface area contributed by atoms with Gasteiger partial charge in [0.15, 0.2) is 0 Å². The van der Waals surface area contributed by atoms with Gasteiger partial charge in [0, 0.05) is 0 Å². The molecule has 1 aliphatic heterocycles. The molecule has 0 aromatic heterocycles. The van der Waals surface area contributed by atoms with E-state index < -0.39 is 0 Å². The molecule has 7 heteroatoms. The first-order chi connectivity index (χ1) is 9.19. The van der Waals surface area contributed by atoms with E-state index in [4.69, 9.17) is 5.26 Å². The van der Waals surface area contributed by atoms with Crippen molar-refractivity contribution >= 4 is 39.7 Å². The van der Waals surface area contributed by atoms with Crippen LogP contribution in [-0.4, -0.2) is 33.2 Å². The van der Waals surface area contributed by atoms with Gasteiger partial charge in [-0.15, -0.1) is 11.8 Å². The largest absolute Gasteiger partial charge is 0.274 e. The fourth-order valence-corrected chi connectivity index (χ4v) is 3.65. The molecular formula is C12H13N3O2S2. The second-order valence-corrected chi connectivity index (χ2v) is 6.20. The number of imide groups is 1. The van der Waals surface area contributed by atoms with Gasteiger partial charge in [-0.3, -0.25) is 14.5 Å². The van der Waals surface area contributed by atoms with E-state index in [9.17, 15) is 9.59 Å². The standard InChI is InChI=1S/C12H13N3O2S2/c1-18-12(14-6-13)19-7-15-10(16)8-4-2-3-5-9(8)11(15)17/h2-3,8-9H,4-5,7H2,1H3/t8-,9+. The molecule has 1 aliphatic carbocycles. The summed E-state index contributed by atoms with van der Waals surface area (Å²) >= 11 is 2.59. The lowest BCUT2D eigenvalue weighted by molar-refractivity contribution is -0.138. The zero-order chi connectivity index (χ0) is 13.8. The molecule has 1 heterocycles. The molecule has 100 valence electrons. The minimum Gasteiger partial charge on any atom is -0.274 e. The second-order valence-electron chi connectivity index (χ2n) is 4.22. The summed E-state index contributed by atoms with van der Waals surface area (Å²) in [4.78, 5) is 29.2. The van der Waals surface area contributed by atoms with Gasteiger partial charge in [0.1, 0.15) is 4.38 Å². The van der Waals surface area contributed by atoms with E-state index in [0.717, 1.165) is 0 Å². The van der Waals surface area contributed by atoms with E-state index in [2.05, 4.69) is 4.99 Å². The molecule has 19 heavy (non-hydrogen) atoms. The lowest BCUT2D eigenvalue weighted by Gasteiger charge is -2.14. The molecule has 0 spiro atoms. The number of likely N-dealkylation sites (tertiary alicyclic amines) is 1. The van der Waals surface area contributed by atoms with Gasteiger partial charge in [-0.2, -0.15) is 10.3 Å². The van der Waals surface area contributed by atoms with E-state index in [0.29, 0.717) is 17.2 Å². The van der Waals surface area contributed by atoms with Crippen molar-refractivity contribution in [1.82, 2.24) is 4.90 Å². The van der Waals surface area contributed by atoms with Crippen molar-refractivity contribution in [2.75, 3.05) is 12.1 Å². The summed E-state index contributed by atoms with van der Waals surface area (Å²) in [5, 5.41) is 8.51. The lowest BCUT2D eigenvalue weighted by atomic mass is 9.85. The molecule has 2 aliphatic rings. The van der Waals surface area contributed by atoms with Crippen molar-refractivity contribution in [3.63, 3.8) is 0 Å². The number of nitriles is 1. The van der Waals surface area contributed by atoms with Crippen LogP contribution in [0, 0.1) is 23.3 Å². The highest BCUT2D eigenvalue weighted by Crippen LogP contribution is 2.36. The molecule has 0 aromatic carbocycles.